The van der Waals surface area contributed by atoms with E-state index in [0.717, 1.165) is 0 Å². The first-order valence-corrected chi connectivity index (χ1v) is 7.71. The van der Waals surface area contributed by atoms with Crippen LogP contribution in [0.5, 0.6) is 0 Å². The van der Waals surface area contributed by atoms with Crippen LogP contribution in [0, 0.1) is 0 Å². The Morgan fingerprint density at radius 2 is 2.16 bits per heavy atom. The van der Waals surface area contributed by atoms with Crippen LogP contribution in [-0.4, -0.2) is 18.2 Å². The van der Waals surface area contributed by atoms with Crippen molar-refractivity contribution in [2.75, 3.05) is 4.72 Å². The zero-order chi connectivity index (χ0) is 13.6. The standard InChI is InChI=1S/C12H14N2O4S/c1-2-14-10-6-3-8(7-11(10)18-12(14)15)13-19(16,17)9-4-5-9/h3,6-7,9,13H,2,4-5H2,1H3. The minimum absolute atomic E-state index is 0.282. The second-order valence-corrected chi connectivity index (χ2v) is 6.60. The molecule has 2 aromatic rings. The number of benzene rings is 1. The number of hydrogen-bond donors (Lipinski definition) is 1. The zero-order valence-electron chi connectivity index (χ0n) is 10.4. The maximum absolute atomic E-state index is 11.8. The number of oxazole rings is 1. The van der Waals surface area contributed by atoms with Crippen LogP contribution in [0.15, 0.2) is 27.4 Å². The summed E-state index contributed by atoms with van der Waals surface area (Å²) in [7, 11) is -3.29. The molecule has 1 N–H and O–H groups in total. The summed E-state index contributed by atoms with van der Waals surface area (Å²) in [5.74, 6) is -0.431. The Morgan fingerprint density at radius 3 is 2.79 bits per heavy atom. The first-order chi connectivity index (χ1) is 9.01. The van der Waals surface area contributed by atoms with E-state index in [9.17, 15) is 13.2 Å². The van der Waals surface area contributed by atoms with Crippen molar-refractivity contribution in [2.45, 2.75) is 31.6 Å². The molecular formula is C12H14N2O4S. The second-order valence-electron chi connectivity index (χ2n) is 4.64. The molecule has 0 atom stereocenters. The van der Waals surface area contributed by atoms with E-state index in [-0.39, 0.29) is 5.25 Å². The minimum atomic E-state index is -3.29. The molecule has 0 spiro atoms. The number of fused-ring (bicyclic) bond motifs is 1. The highest BCUT2D eigenvalue weighted by Gasteiger charge is 2.35. The van der Waals surface area contributed by atoms with E-state index in [2.05, 4.69) is 4.72 Å². The number of aromatic nitrogens is 1. The lowest BCUT2D eigenvalue weighted by atomic mass is 10.3. The molecule has 1 aliphatic carbocycles. The molecule has 0 aliphatic heterocycles. The van der Waals surface area contributed by atoms with E-state index in [4.69, 9.17) is 4.42 Å². The Balaban J connectivity index is 2.00. The summed E-state index contributed by atoms with van der Waals surface area (Å²) in [5.41, 5.74) is 1.49. The largest absolute Gasteiger partial charge is 0.419 e. The predicted molar refractivity (Wildman–Crippen MR) is 71.7 cm³/mol. The smallest absolute Gasteiger partial charge is 0.408 e. The summed E-state index contributed by atoms with van der Waals surface area (Å²) in [5, 5.41) is -0.282. The molecule has 0 bridgehead atoms. The van der Waals surface area contributed by atoms with Gasteiger partial charge in [0.1, 0.15) is 0 Å². The molecule has 1 heterocycles. The Kier molecular flexibility index (Phi) is 2.67. The molecule has 1 fully saturated rings. The zero-order valence-corrected chi connectivity index (χ0v) is 11.2. The van der Waals surface area contributed by atoms with Crippen molar-refractivity contribution in [3.8, 4) is 0 Å². The van der Waals surface area contributed by atoms with Crippen LogP contribution in [0.25, 0.3) is 11.1 Å². The predicted octanol–water partition coefficient (Wildman–Crippen LogP) is 1.52. The molecule has 1 aromatic heterocycles. The molecule has 0 amide bonds. The lowest BCUT2D eigenvalue weighted by Crippen LogP contribution is -2.17. The average molecular weight is 282 g/mol. The number of sulfonamides is 1. The van der Waals surface area contributed by atoms with Gasteiger partial charge in [-0.1, -0.05) is 0 Å². The number of nitrogens with zero attached hydrogens (tertiary/aromatic N) is 1. The molecule has 1 aliphatic rings. The van der Waals surface area contributed by atoms with Gasteiger partial charge in [-0.2, -0.15) is 0 Å². The van der Waals surface area contributed by atoms with Crippen LogP contribution in [0.3, 0.4) is 0 Å². The van der Waals surface area contributed by atoms with Crippen LogP contribution >= 0.6 is 0 Å². The molecule has 1 aromatic carbocycles. The van der Waals surface area contributed by atoms with Crippen molar-refractivity contribution in [3.05, 3.63) is 28.7 Å². The van der Waals surface area contributed by atoms with Gasteiger partial charge >= 0.3 is 5.76 Å². The summed E-state index contributed by atoms with van der Waals surface area (Å²) in [6.45, 7) is 2.36. The third-order valence-electron chi connectivity index (χ3n) is 3.21. The monoisotopic (exact) mass is 282 g/mol. The second kappa shape index (κ2) is 4.12. The normalized spacial score (nSPS) is 15.8. The minimum Gasteiger partial charge on any atom is -0.408 e. The first kappa shape index (κ1) is 12.3. The molecule has 0 radical (unpaired) electrons. The number of aryl methyl sites for hydroxylation is 1. The van der Waals surface area contributed by atoms with Gasteiger partial charge in [0.05, 0.1) is 16.5 Å². The average Bonchev–Trinajstić information content (AvgIpc) is 3.13. The van der Waals surface area contributed by atoms with Gasteiger partial charge < -0.3 is 4.42 Å². The van der Waals surface area contributed by atoms with E-state index in [0.29, 0.717) is 36.2 Å². The third kappa shape index (κ3) is 2.14. The van der Waals surface area contributed by atoms with Gasteiger partial charge in [0.2, 0.25) is 10.0 Å². The van der Waals surface area contributed by atoms with Crippen molar-refractivity contribution in [2.24, 2.45) is 0 Å². The van der Waals surface area contributed by atoms with Crippen LogP contribution in [-0.2, 0) is 16.6 Å². The van der Waals surface area contributed by atoms with Gasteiger partial charge in [-0.3, -0.25) is 9.29 Å². The van der Waals surface area contributed by atoms with Crippen molar-refractivity contribution in [1.29, 1.82) is 0 Å². The highest BCUT2D eigenvalue weighted by Crippen LogP contribution is 2.30. The molecule has 3 rings (SSSR count). The Labute approximate surface area is 110 Å². The maximum Gasteiger partial charge on any atom is 0.419 e. The van der Waals surface area contributed by atoms with Crippen LogP contribution in [0.4, 0.5) is 5.69 Å². The molecule has 102 valence electrons. The number of hydrogen-bond acceptors (Lipinski definition) is 4. The number of rotatable bonds is 4. The van der Waals surface area contributed by atoms with Crippen molar-refractivity contribution in [3.63, 3.8) is 0 Å². The molecular weight excluding hydrogens is 268 g/mol. The number of nitrogens with one attached hydrogen (secondary N) is 1. The van der Waals surface area contributed by atoms with E-state index < -0.39 is 15.8 Å². The fourth-order valence-electron chi connectivity index (χ4n) is 2.06. The van der Waals surface area contributed by atoms with E-state index >= 15 is 0 Å². The van der Waals surface area contributed by atoms with Crippen LogP contribution in [0.2, 0.25) is 0 Å². The van der Waals surface area contributed by atoms with Crippen molar-refractivity contribution < 1.29 is 12.8 Å². The van der Waals surface area contributed by atoms with Gasteiger partial charge in [-0.05, 0) is 31.9 Å². The summed E-state index contributed by atoms with van der Waals surface area (Å²) >= 11 is 0. The lowest BCUT2D eigenvalue weighted by Gasteiger charge is -2.06. The van der Waals surface area contributed by atoms with Gasteiger partial charge in [-0.25, -0.2) is 13.2 Å². The topological polar surface area (TPSA) is 81.3 Å². The lowest BCUT2D eigenvalue weighted by molar-refractivity contribution is 0.513. The van der Waals surface area contributed by atoms with Gasteiger partial charge in [-0.15, -0.1) is 0 Å². The van der Waals surface area contributed by atoms with Gasteiger partial charge in [0.15, 0.2) is 5.58 Å². The van der Waals surface area contributed by atoms with Crippen molar-refractivity contribution >= 4 is 26.8 Å². The third-order valence-corrected chi connectivity index (χ3v) is 5.08. The summed E-state index contributed by atoms with van der Waals surface area (Å²) in [4.78, 5) is 11.5. The Morgan fingerprint density at radius 1 is 1.42 bits per heavy atom. The van der Waals surface area contributed by atoms with Crippen LogP contribution < -0.4 is 10.5 Å². The molecule has 6 nitrogen and oxygen atoms in total. The molecule has 1 saturated carbocycles. The van der Waals surface area contributed by atoms with Gasteiger partial charge in [0.25, 0.3) is 0 Å². The number of anilines is 1. The van der Waals surface area contributed by atoms with Crippen molar-refractivity contribution in [1.82, 2.24) is 4.57 Å². The Bertz CT molecular complexity index is 784. The quantitative estimate of drug-likeness (QED) is 0.921. The summed E-state index contributed by atoms with van der Waals surface area (Å²) in [6, 6.07) is 4.88. The highest BCUT2D eigenvalue weighted by molar-refractivity contribution is 7.93. The molecule has 0 saturated heterocycles. The van der Waals surface area contributed by atoms with E-state index in [1.807, 2.05) is 6.92 Å². The summed E-state index contributed by atoms with van der Waals surface area (Å²) < 4.78 is 32.7. The SMILES string of the molecule is CCn1c(=O)oc2cc(NS(=O)(=O)C3CC3)ccc21. The molecule has 0 unspecified atom stereocenters. The van der Waals surface area contributed by atoms with Gasteiger partial charge in [0, 0.05) is 12.6 Å². The molecule has 7 heteroatoms. The molecule has 19 heavy (non-hydrogen) atoms. The Hall–Kier alpha value is -1.76. The maximum atomic E-state index is 11.8. The fraction of sp³-hybridized carbons (Fsp3) is 0.417. The summed E-state index contributed by atoms with van der Waals surface area (Å²) in [6.07, 6.45) is 1.41. The van der Waals surface area contributed by atoms with E-state index in [1.54, 1.807) is 18.2 Å². The highest BCUT2D eigenvalue weighted by atomic mass is 32.2. The van der Waals surface area contributed by atoms with Crippen LogP contribution in [0.1, 0.15) is 19.8 Å². The fourth-order valence-corrected chi connectivity index (χ4v) is 3.43. The van der Waals surface area contributed by atoms with E-state index in [1.165, 1.54) is 4.57 Å². The first-order valence-electron chi connectivity index (χ1n) is 6.16.